The molecule has 7 heteroatoms. The van der Waals surface area contributed by atoms with Crippen LogP contribution < -0.4 is 9.64 Å². The quantitative estimate of drug-likeness (QED) is 0.390. The van der Waals surface area contributed by atoms with Crippen LogP contribution in [0, 0.1) is 34.6 Å². The van der Waals surface area contributed by atoms with E-state index in [1.54, 1.807) is 11.8 Å². The molecule has 0 bridgehead atoms. The number of rotatable bonds is 9. The molecule has 1 aliphatic rings. The second-order valence-corrected chi connectivity index (χ2v) is 9.12. The summed E-state index contributed by atoms with van der Waals surface area (Å²) in [6, 6.07) is 6.06. The molecule has 34 heavy (non-hydrogen) atoms. The third-order valence-corrected chi connectivity index (χ3v) is 6.16. The largest absolute Gasteiger partial charge is 0.466 e. The number of pyridine rings is 1. The van der Waals surface area contributed by atoms with Gasteiger partial charge in [-0.05, 0) is 84.7 Å². The number of aryl methyl sites for hydroxylation is 4. The first-order valence-electron chi connectivity index (χ1n) is 12.1. The third kappa shape index (κ3) is 6.35. The van der Waals surface area contributed by atoms with Gasteiger partial charge in [0.05, 0.1) is 12.3 Å². The van der Waals surface area contributed by atoms with Crippen LogP contribution in [0.3, 0.4) is 0 Å². The van der Waals surface area contributed by atoms with Crippen LogP contribution in [-0.4, -0.2) is 54.5 Å². The van der Waals surface area contributed by atoms with Crippen molar-refractivity contribution in [3.8, 4) is 11.6 Å². The SMILES string of the molecule is CCOC(=O)CC(=O)N(CCN1CCCC1)c1cc(C)nc(Oc2c(C)cc(C)cc2C)c1C. The molecule has 1 aromatic heterocycles. The molecule has 0 N–H and O–H groups in total. The summed E-state index contributed by atoms with van der Waals surface area (Å²) in [7, 11) is 0. The molecule has 0 atom stereocenters. The van der Waals surface area contributed by atoms with Gasteiger partial charge in [0.15, 0.2) is 0 Å². The number of amides is 1. The average Bonchev–Trinajstić information content (AvgIpc) is 3.27. The molecule has 3 rings (SSSR count). The fraction of sp³-hybridized carbons (Fsp3) is 0.519. The number of esters is 1. The summed E-state index contributed by atoms with van der Waals surface area (Å²) in [4.78, 5) is 34.0. The maximum Gasteiger partial charge on any atom is 0.315 e. The van der Waals surface area contributed by atoms with Crippen molar-refractivity contribution in [3.63, 3.8) is 0 Å². The fourth-order valence-corrected chi connectivity index (χ4v) is 4.55. The van der Waals surface area contributed by atoms with Crippen LogP contribution in [0.1, 0.15) is 54.1 Å². The summed E-state index contributed by atoms with van der Waals surface area (Å²) in [5.74, 6) is 0.462. The standard InChI is InChI=1S/C27H37N3O4/c1-7-33-25(32)17-24(31)30(13-12-29-10-8-9-11-29)23-16-21(5)28-27(22(23)6)34-26-19(3)14-18(2)15-20(26)4/h14-16H,7-13,17H2,1-6H3. The molecular weight excluding hydrogens is 430 g/mol. The molecule has 2 aromatic rings. The highest BCUT2D eigenvalue weighted by atomic mass is 16.5. The van der Waals surface area contributed by atoms with Crippen LogP contribution in [0.4, 0.5) is 5.69 Å². The van der Waals surface area contributed by atoms with Crippen LogP contribution in [0.25, 0.3) is 0 Å². The molecule has 184 valence electrons. The zero-order valence-electron chi connectivity index (χ0n) is 21.4. The smallest absolute Gasteiger partial charge is 0.315 e. The summed E-state index contributed by atoms with van der Waals surface area (Å²) >= 11 is 0. The summed E-state index contributed by atoms with van der Waals surface area (Å²) < 4.78 is 11.4. The fourth-order valence-electron chi connectivity index (χ4n) is 4.55. The number of benzene rings is 1. The van der Waals surface area contributed by atoms with Gasteiger partial charge in [0.25, 0.3) is 0 Å². The molecule has 7 nitrogen and oxygen atoms in total. The van der Waals surface area contributed by atoms with Crippen LogP contribution >= 0.6 is 0 Å². The van der Waals surface area contributed by atoms with E-state index in [1.165, 1.54) is 18.4 Å². The minimum Gasteiger partial charge on any atom is -0.466 e. The zero-order chi connectivity index (χ0) is 24.8. The van der Waals surface area contributed by atoms with E-state index in [1.807, 2.05) is 33.8 Å². The van der Waals surface area contributed by atoms with Gasteiger partial charge in [0, 0.05) is 24.3 Å². The van der Waals surface area contributed by atoms with Gasteiger partial charge < -0.3 is 19.3 Å². The zero-order valence-corrected chi connectivity index (χ0v) is 21.4. The highest BCUT2D eigenvalue weighted by Crippen LogP contribution is 2.35. The number of carbonyl (C=O) groups excluding carboxylic acids is 2. The van der Waals surface area contributed by atoms with Gasteiger partial charge >= 0.3 is 5.97 Å². The van der Waals surface area contributed by atoms with E-state index < -0.39 is 5.97 Å². The maximum absolute atomic E-state index is 13.3. The van der Waals surface area contributed by atoms with E-state index in [2.05, 4.69) is 28.9 Å². The Kier molecular flexibility index (Phi) is 8.67. The van der Waals surface area contributed by atoms with Crippen LogP contribution in [0.5, 0.6) is 11.6 Å². The monoisotopic (exact) mass is 467 g/mol. The van der Waals surface area contributed by atoms with E-state index in [0.717, 1.165) is 53.5 Å². The maximum atomic E-state index is 13.3. The Bertz CT molecular complexity index is 1020. The minimum absolute atomic E-state index is 0.251. The summed E-state index contributed by atoms with van der Waals surface area (Å²) in [5, 5.41) is 0. The van der Waals surface area contributed by atoms with Crippen molar-refractivity contribution in [2.45, 2.75) is 60.8 Å². The number of ether oxygens (including phenoxy) is 2. The molecule has 2 heterocycles. The average molecular weight is 468 g/mol. The van der Waals surface area contributed by atoms with Crippen molar-refractivity contribution in [1.29, 1.82) is 0 Å². The van der Waals surface area contributed by atoms with Crippen molar-refractivity contribution < 1.29 is 19.1 Å². The van der Waals surface area contributed by atoms with Crippen LogP contribution in [-0.2, 0) is 14.3 Å². The van der Waals surface area contributed by atoms with Crippen LogP contribution in [0.15, 0.2) is 18.2 Å². The molecule has 1 aliphatic heterocycles. The van der Waals surface area contributed by atoms with Gasteiger partial charge in [-0.15, -0.1) is 0 Å². The topological polar surface area (TPSA) is 72.0 Å². The third-order valence-electron chi connectivity index (χ3n) is 6.16. The van der Waals surface area contributed by atoms with Crippen molar-refractivity contribution in [2.75, 3.05) is 37.7 Å². The van der Waals surface area contributed by atoms with Gasteiger partial charge in [0.2, 0.25) is 11.8 Å². The molecule has 0 radical (unpaired) electrons. The summed E-state index contributed by atoms with van der Waals surface area (Å²) in [6.45, 7) is 15.2. The molecule has 1 aromatic carbocycles. The summed E-state index contributed by atoms with van der Waals surface area (Å²) in [6.07, 6.45) is 2.07. The molecule has 1 amide bonds. The Morgan fingerprint density at radius 1 is 1.03 bits per heavy atom. The molecule has 0 unspecified atom stereocenters. The van der Waals surface area contributed by atoms with Crippen molar-refractivity contribution in [1.82, 2.24) is 9.88 Å². The lowest BCUT2D eigenvalue weighted by Crippen LogP contribution is -2.39. The number of hydrogen-bond donors (Lipinski definition) is 0. The van der Waals surface area contributed by atoms with E-state index in [4.69, 9.17) is 9.47 Å². The highest BCUT2D eigenvalue weighted by molar-refractivity contribution is 6.04. The van der Waals surface area contributed by atoms with Gasteiger partial charge in [-0.3, -0.25) is 9.59 Å². The van der Waals surface area contributed by atoms with Gasteiger partial charge in [0.1, 0.15) is 12.2 Å². The summed E-state index contributed by atoms with van der Waals surface area (Å²) in [5.41, 5.74) is 5.47. The molecule has 0 spiro atoms. The van der Waals surface area contributed by atoms with E-state index in [0.29, 0.717) is 12.4 Å². The van der Waals surface area contributed by atoms with Crippen molar-refractivity contribution in [3.05, 3.63) is 46.1 Å². The number of hydrogen-bond acceptors (Lipinski definition) is 6. The number of nitrogens with zero attached hydrogens (tertiary/aromatic N) is 3. The Labute approximate surface area is 203 Å². The number of carbonyl (C=O) groups is 2. The molecule has 1 fully saturated rings. The first-order valence-corrected chi connectivity index (χ1v) is 12.1. The second-order valence-electron chi connectivity index (χ2n) is 9.12. The van der Waals surface area contributed by atoms with E-state index >= 15 is 0 Å². The first-order chi connectivity index (χ1) is 16.2. The number of anilines is 1. The first kappa shape index (κ1) is 25.7. The molecular formula is C27H37N3O4. The lowest BCUT2D eigenvalue weighted by atomic mass is 10.1. The Morgan fingerprint density at radius 3 is 2.29 bits per heavy atom. The minimum atomic E-state index is -0.510. The Morgan fingerprint density at radius 2 is 1.68 bits per heavy atom. The van der Waals surface area contributed by atoms with Gasteiger partial charge in [-0.2, -0.15) is 0 Å². The van der Waals surface area contributed by atoms with Crippen LogP contribution in [0.2, 0.25) is 0 Å². The lowest BCUT2D eigenvalue weighted by molar-refractivity contribution is -0.145. The molecule has 0 saturated carbocycles. The van der Waals surface area contributed by atoms with E-state index in [-0.39, 0.29) is 18.9 Å². The predicted octanol–water partition coefficient (Wildman–Crippen LogP) is 4.80. The van der Waals surface area contributed by atoms with Gasteiger partial charge in [-0.1, -0.05) is 17.7 Å². The predicted molar refractivity (Wildman–Crippen MR) is 134 cm³/mol. The normalized spacial score (nSPS) is 13.7. The number of aromatic nitrogens is 1. The van der Waals surface area contributed by atoms with Gasteiger partial charge in [-0.25, -0.2) is 4.98 Å². The Balaban J connectivity index is 1.95. The number of likely N-dealkylation sites (tertiary alicyclic amines) is 1. The molecule has 1 saturated heterocycles. The lowest BCUT2D eigenvalue weighted by Gasteiger charge is -2.28. The van der Waals surface area contributed by atoms with E-state index in [9.17, 15) is 9.59 Å². The second kappa shape index (κ2) is 11.5. The highest BCUT2D eigenvalue weighted by Gasteiger charge is 2.25. The van der Waals surface area contributed by atoms with Crippen molar-refractivity contribution in [2.24, 2.45) is 0 Å². The molecule has 0 aliphatic carbocycles. The Hall–Kier alpha value is -2.93. The van der Waals surface area contributed by atoms with Crippen molar-refractivity contribution >= 4 is 17.6 Å².